The van der Waals surface area contributed by atoms with Gasteiger partial charge in [0.05, 0.1) is 5.69 Å². The zero-order chi connectivity index (χ0) is 16.9. The topological polar surface area (TPSA) is 38.1 Å². The van der Waals surface area contributed by atoms with E-state index in [1.165, 1.54) is 12.1 Å². The van der Waals surface area contributed by atoms with Crippen LogP contribution in [0, 0.1) is 5.82 Å². The third-order valence-electron chi connectivity index (χ3n) is 3.75. The van der Waals surface area contributed by atoms with Crippen LogP contribution < -0.4 is 0 Å². The number of nitrogens with zero attached hydrogens (tertiary/aromatic N) is 3. The van der Waals surface area contributed by atoms with Crippen molar-refractivity contribution >= 4 is 17.2 Å². The molecule has 2 aromatic heterocycles. The number of hydrogen-bond acceptors (Lipinski definition) is 3. The fraction of sp³-hybridized carbons (Fsp3) is 0.222. The molecule has 1 aromatic carbocycles. The third-order valence-corrected chi connectivity index (χ3v) is 4.43. The highest BCUT2D eigenvalue weighted by Crippen LogP contribution is 2.19. The average Bonchev–Trinajstić information content (AvgIpc) is 3.23. The van der Waals surface area contributed by atoms with Crippen molar-refractivity contribution in [3.05, 3.63) is 64.7 Å². The van der Waals surface area contributed by atoms with Gasteiger partial charge >= 0.3 is 0 Å². The summed E-state index contributed by atoms with van der Waals surface area (Å²) in [5, 5.41) is 8.47. The number of benzene rings is 1. The summed E-state index contributed by atoms with van der Waals surface area (Å²) in [6, 6.07) is 10.2. The normalized spacial score (nSPS) is 10.8. The second-order valence-corrected chi connectivity index (χ2v) is 6.23. The lowest BCUT2D eigenvalue weighted by atomic mass is 10.2. The number of aromatic nitrogens is 2. The van der Waals surface area contributed by atoms with Gasteiger partial charge in [-0.3, -0.25) is 9.48 Å². The van der Waals surface area contributed by atoms with Crippen LogP contribution in [0.4, 0.5) is 4.39 Å². The molecule has 124 valence electrons. The van der Waals surface area contributed by atoms with Crippen LogP contribution >= 0.6 is 11.3 Å². The number of halogens is 1. The standard InChI is InChI=1S/C18H18FN3OS/c1-2-21(11-14-4-3-5-16(19)10-14)18(23)12-22-8-6-17(20-22)15-7-9-24-13-15/h3-10,13H,2,11-12H2,1H3. The molecule has 0 atom stereocenters. The fourth-order valence-corrected chi connectivity index (χ4v) is 3.13. The van der Waals surface area contributed by atoms with E-state index >= 15 is 0 Å². The molecular weight excluding hydrogens is 325 g/mol. The van der Waals surface area contributed by atoms with E-state index in [2.05, 4.69) is 5.10 Å². The molecule has 0 unspecified atom stereocenters. The van der Waals surface area contributed by atoms with E-state index < -0.39 is 0 Å². The Morgan fingerprint density at radius 1 is 1.33 bits per heavy atom. The summed E-state index contributed by atoms with van der Waals surface area (Å²) in [7, 11) is 0. The zero-order valence-electron chi connectivity index (χ0n) is 13.4. The van der Waals surface area contributed by atoms with Crippen molar-refractivity contribution in [3.8, 4) is 11.3 Å². The highest BCUT2D eigenvalue weighted by Gasteiger charge is 2.14. The van der Waals surface area contributed by atoms with Gasteiger partial charge in [-0.2, -0.15) is 16.4 Å². The van der Waals surface area contributed by atoms with Crippen LogP contribution in [0.1, 0.15) is 12.5 Å². The predicted octanol–water partition coefficient (Wildman–Crippen LogP) is 3.80. The Morgan fingerprint density at radius 2 is 2.21 bits per heavy atom. The number of carbonyl (C=O) groups is 1. The SMILES string of the molecule is CCN(Cc1cccc(F)c1)C(=O)Cn1ccc(-c2ccsc2)n1. The molecule has 0 aliphatic heterocycles. The third kappa shape index (κ3) is 3.89. The monoisotopic (exact) mass is 343 g/mol. The Balaban J connectivity index is 1.66. The zero-order valence-corrected chi connectivity index (χ0v) is 14.2. The van der Waals surface area contributed by atoms with Crippen LogP contribution in [-0.4, -0.2) is 27.1 Å². The second kappa shape index (κ2) is 7.40. The summed E-state index contributed by atoms with van der Waals surface area (Å²) >= 11 is 1.61. The van der Waals surface area contributed by atoms with Gasteiger partial charge in [0, 0.05) is 30.2 Å². The van der Waals surface area contributed by atoms with E-state index in [4.69, 9.17) is 0 Å². The van der Waals surface area contributed by atoms with E-state index in [1.54, 1.807) is 33.2 Å². The molecule has 0 aliphatic carbocycles. The lowest BCUT2D eigenvalue weighted by Crippen LogP contribution is -2.33. The van der Waals surface area contributed by atoms with Gasteiger partial charge in [0.2, 0.25) is 5.91 Å². The maximum absolute atomic E-state index is 13.3. The van der Waals surface area contributed by atoms with Gasteiger partial charge in [-0.1, -0.05) is 12.1 Å². The first-order valence-corrected chi connectivity index (χ1v) is 8.68. The van der Waals surface area contributed by atoms with Crippen molar-refractivity contribution in [2.24, 2.45) is 0 Å². The van der Waals surface area contributed by atoms with Crippen LogP contribution in [0.2, 0.25) is 0 Å². The minimum absolute atomic E-state index is 0.0401. The summed E-state index contributed by atoms with van der Waals surface area (Å²) in [4.78, 5) is 14.2. The lowest BCUT2D eigenvalue weighted by molar-refractivity contribution is -0.132. The van der Waals surface area contributed by atoms with Gasteiger partial charge in [0.15, 0.2) is 0 Å². The largest absolute Gasteiger partial charge is 0.337 e. The van der Waals surface area contributed by atoms with Gasteiger partial charge in [0.1, 0.15) is 12.4 Å². The van der Waals surface area contributed by atoms with Crippen LogP contribution in [0.5, 0.6) is 0 Å². The minimum Gasteiger partial charge on any atom is -0.337 e. The van der Waals surface area contributed by atoms with Crippen LogP contribution in [0.3, 0.4) is 0 Å². The molecule has 24 heavy (non-hydrogen) atoms. The van der Waals surface area contributed by atoms with Crippen molar-refractivity contribution < 1.29 is 9.18 Å². The van der Waals surface area contributed by atoms with Gasteiger partial charge < -0.3 is 4.90 Å². The molecule has 2 heterocycles. The first-order chi connectivity index (χ1) is 11.7. The average molecular weight is 343 g/mol. The second-order valence-electron chi connectivity index (χ2n) is 5.45. The van der Waals surface area contributed by atoms with Crippen molar-refractivity contribution in [1.82, 2.24) is 14.7 Å². The molecule has 0 bridgehead atoms. The highest BCUT2D eigenvalue weighted by atomic mass is 32.1. The molecule has 0 radical (unpaired) electrons. The van der Waals surface area contributed by atoms with E-state index in [0.717, 1.165) is 16.8 Å². The van der Waals surface area contributed by atoms with E-state index in [1.807, 2.05) is 35.9 Å². The molecule has 3 aromatic rings. The Labute approximate surface area is 144 Å². The molecule has 0 fully saturated rings. The number of thiophene rings is 1. The molecule has 6 heteroatoms. The Kier molecular flexibility index (Phi) is 5.05. The van der Waals surface area contributed by atoms with Crippen molar-refractivity contribution in [1.29, 1.82) is 0 Å². The fourth-order valence-electron chi connectivity index (χ4n) is 2.48. The number of likely N-dealkylation sites (N-methyl/N-ethyl adjacent to an activating group) is 1. The van der Waals surface area contributed by atoms with Gasteiger partial charge in [-0.25, -0.2) is 4.39 Å². The molecule has 0 aliphatic rings. The summed E-state index contributed by atoms with van der Waals surface area (Å²) in [5.74, 6) is -0.329. The Hall–Kier alpha value is -2.47. The number of amides is 1. The number of hydrogen-bond donors (Lipinski definition) is 0. The molecule has 0 spiro atoms. The van der Waals surface area contributed by atoms with Crippen molar-refractivity contribution in [3.63, 3.8) is 0 Å². The number of carbonyl (C=O) groups excluding carboxylic acids is 1. The maximum Gasteiger partial charge on any atom is 0.244 e. The smallest absolute Gasteiger partial charge is 0.244 e. The minimum atomic E-state index is -0.288. The Morgan fingerprint density at radius 3 is 2.92 bits per heavy atom. The first kappa shape index (κ1) is 16.4. The van der Waals surface area contributed by atoms with E-state index in [0.29, 0.717) is 13.1 Å². The first-order valence-electron chi connectivity index (χ1n) is 7.74. The number of rotatable bonds is 6. The molecule has 0 N–H and O–H groups in total. The molecule has 1 amide bonds. The van der Waals surface area contributed by atoms with Gasteiger partial charge in [-0.15, -0.1) is 0 Å². The maximum atomic E-state index is 13.3. The molecule has 0 saturated carbocycles. The quantitative estimate of drug-likeness (QED) is 0.683. The van der Waals surface area contributed by atoms with Crippen LogP contribution in [0.15, 0.2) is 53.4 Å². The van der Waals surface area contributed by atoms with E-state index in [9.17, 15) is 9.18 Å². The molecule has 0 saturated heterocycles. The van der Waals surface area contributed by atoms with Crippen LogP contribution in [0.25, 0.3) is 11.3 Å². The molecular formula is C18H18FN3OS. The van der Waals surface area contributed by atoms with E-state index in [-0.39, 0.29) is 18.3 Å². The lowest BCUT2D eigenvalue weighted by Gasteiger charge is -2.21. The summed E-state index contributed by atoms with van der Waals surface area (Å²) in [5.41, 5.74) is 2.69. The van der Waals surface area contributed by atoms with Gasteiger partial charge in [-0.05, 0) is 42.1 Å². The highest BCUT2D eigenvalue weighted by molar-refractivity contribution is 7.08. The Bertz CT molecular complexity index is 813. The molecule has 3 rings (SSSR count). The predicted molar refractivity (Wildman–Crippen MR) is 93.0 cm³/mol. The summed E-state index contributed by atoms with van der Waals surface area (Å²) < 4.78 is 14.9. The summed E-state index contributed by atoms with van der Waals surface area (Å²) in [6.45, 7) is 3.05. The van der Waals surface area contributed by atoms with Gasteiger partial charge in [0.25, 0.3) is 0 Å². The van der Waals surface area contributed by atoms with Crippen LogP contribution in [-0.2, 0) is 17.9 Å². The van der Waals surface area contributed by atoms with Crippen molar-refractivity contribution in [2.45, 2.75) is 20.0 Å². The summed E-state index contributed by atoms with van der Waals surface area (Å²) in [6.07, 6.45) is 1.81. The molecule has 4 nitrogen and oxygen atoms in total. The van der Waals surface area contributed by atoms with Crippen molar-refractivity contribution in [2.75, 3.05) is 6.54 Å².